The topological polar surface area (TPSA) is 71.1 Å². The molecule has 6 heteroatoms. The molecule has 1 aliphatic rings. The first kappa shape index (κ1) is 15.9. The van der Waals surface area contributed by atoms with E-state index in [1.165, 1.54) is 11.8 Å². The molecular formula is C18H18N4O2. The van der Waals surface area contributed by atoms with Gasteiger partial charge >= 0.3 is 0 Å². The molecule has 1 fully saturated rings. The number of aromatic nitrogens is 1. The van der Waals surface area contributed by atoms with Crippen LogP contribution in [0.15, 0.2) is 57.1 Å². The van der Waals surface area contributed by atoms with E-state index < -0.39 is 0 Å². The number of hydrogen-bond acceptors (Lipinski definition) is 5. The third kappa shape index (κ3) is 3.17. The van der Waals surface area contributed by atoms with E-state index in [0.29, 0.717) is 30.5 Å². The van der Waals surface area contributed by atoms with E-state index in [1.807, 2.05) is 18.2 Å². The lowest BCUT2D eigenvalue weighted by atomic mass is 9.91. The lowest BCUT2D eigenvalue weighted by molar-refractivity contribution is 0.0591. The van der Waals surface area contributed by atoms with Crippen LogP contribution in [0.3, 0.4) is 0 Å². The van der Waals surface area contributed by atoms with E-state index in [-0.39, 0.29) is 11.6 Å². The van der Waals surface area contributed by atoms with Gasteiger partial charge in [-0.2, -0.15) is 0 Å². The van der Waals surface area contributed by atoms with Gasteiger partial charge in [-0.15, -0.1) is 0 Å². The molecule has 0 bridgehead atoms. The van der Waals surface area contributed by atoms with Gasteiger partial charge in [-0.3, -0.25) is 14.8 Å². The zero-order valence-corrected chi connectivity index (χ0v) is 13.4. The fourth-order valence-electron chi connectivity index (χ4n) is 2.57. The monoisotopic (exact) mass is 322 g/mol. The van der Waals surface area contributed by atoms with Gasteiger partial charge in [-0.1, -0.05) is 35.5 Å². The van der Waals surface area contributed by atoms with Gasteiger partial charge in [0, 0.05) is 31.3 Å². The third-order valence-electron chi connectivity index (χ3n) is 3.94. The molecule has 122 valence electrons. The molecule has 1 aromatic heterocycles. The Kier molecular flexibility index (Phi) is 4.65. The Labute approximate surface area is 140 Å². The average Bonchev–Trinajstić information content (AvgIpc) is 3.05. The Balaban J connectivity index is 1.66. The predicted molar refractivity (Wildman–Crippen MR) is 93.3 cm³/mol. The van der Waals surface area contributed by atoms with Crippen molar-refractivity contribution in [1.82, 2.24) is 10.1 Å². The van der Waals surface area contributed by atoms with Gasteiger partial charge in [-0.25, -0.2) is 0 Å². The highest BCUT2D eigenvalue weighted by Crippen LogP contribution is 2.28. The van der Waals surface area contributed by atoms with Crippen molar-refractivity contribution in [3.63, 3.8) is 0 Å². The number of carbonyl (C=O) groups excluding carboxylic acids is 1. The molecule has 0 aliphatic carbocycles. The minimum atomic E-state index is -0.139. The zero-order chi connectivity index (χ0) is 16.9. The summed E-state index contributed by atoms with van der Waals surface area (Å²) < 4.78 is 5.19. The van der Waals surface area contributed by atoms with Crippen molar-refractivity contribution in [3.8, 4) is 0 Å². The first-order chi connectivity index (χ1) is 11.7. The molecule has 2 heterocycles. The van der Waals surface area contributed by atoms with E-state index in [2.05, 4.69) is 34.0 Å². The van der Waals surface area contributed by atoms with Crippen LogP contribution in [0.1, 0.15) is 34.7 Å². The van der Waals surface area contributed by atoms with Gasteiger partial charge in [0.15, 0.2) is 11.5 Å². The van der Waals surface area contributed by atoms with Crippen LogP contribution in [0.4, 0.5) is 0 Å². The average molecular weight is 322 g/mol. The standard InChI is InChI=1S/C18H18N4O2/c1-3-20-10-16(19-2)17-9-15(21-24-17)18(23)22-11-14(12-22)13-7-5-4-6-8-13/h3-10,14H,2,11-12H2,1H3/b16-10-,20-3-. The van der Waals surface area contributed by atoms with Gasteiger partial charge in [0.05, 0.1) is 6.20 Å². The maximum absolute atomic E-state index is 12.5. The van der Waals surface area contributed by atoms with Crippen LogP contribution < -0.4 is 0 Å². The molecule has 1 saturated heterocycles. The number of likely N-dealkylation sites (tertiary alicyclic amines) is 1. The summed E-state index contributed by atoms with van der Waals surface area (Å²) in [4.78, 5) is 22.0. The molecule has 0 saturated carbocycles. The fourth-order valence-corrected chi connectivity index (χ4v) is 2.57. The Bertz CT molecular complexity index is 786. The lowest BCUT2D eigenvalue weighted by Gasteiger charge is -2.39. The van der Waals surface area contributed by atoms with Crippen LogP contribution in [-0.4, -0.2) is 42.0 Å². The first-order valence-corrected chi connectivity index (χ1v) is 7.69. The number of hydrogen-bond donors (Lipinski definition) is 0. The van der Waals surface area contributed by atoms with E-state index in [1.54, 1.807) is 24.1 Å². The van der Waals surface area contributed by atoms with E-state index in [4.69, 9.17) is 4.52 Å². The van der Waals surface area contributed by atoms with Crippen molar-refractivity contribution in [2.45, 2.75) is 12.8 Å². The minimum absolute atomic E-state index is 0.139. The van der Waals surface area contributed by atoms with Gasteiger partial charge in [0.25, 0.3) is 5.91 Å². The molecule has 0 N–H and O–H groups in total. The molecule has 1 amide bonds. The largest absolute Gasteiger partial charge is 0.354 e. The van der Waals surface area contributed by atoms with Crippen LogP contribution in [0, 0.1) is 0 Å². The van der Waals surface area contributed by atoms with Crippen molar-refractivity contribution < 1.29 is 9.32 Å². The van der Waals surface area contributed by atoms with Crippen molar-refractivity contribution >= 4 is 24.5 Å². The highest BCUT2D eigenvalue weighted by Gasteiger charge is 2.33. The first-order valence-electron chi connectivity index (χ1n) is 7.69. The number of carbonyl (C=O) groups is 1. The maximum atomic E-state index is 12.5. The van der Waals surface area contributed by atoms with Crippen LogP contribution in [-0.2, 0) is 0 Å². The van der Waals surface area contributed by atoms with Crippen LogP contribution in [0.25, 0.3) is 5.70 Å². The van der Waals surface area contributed by atoms with E-state index >= 15 is 0 Å². The number of amides is 1. The minimum Gasteiger partial charge on any atom is -0.354 e. The normalized spacial score (nSPS) is 15.5. The highest BCUT2D eigenvalue weighted by molar-refractivity contribution is 5.93. The van der Waals surface area contributed by atoms with Crippen molar-refractivity contribution in [2.24, 2.45) is 9.98 Å². The zero-order valence-electron chi connectivity index (χ0n) is 13.4. The summed E-state index contributed by atoms with van der Waals surface area (Å²) in [6, 6.07) is 11.8. The van der Waals surface area contributed by atoms with Crippen LogP contribution in [0.2, 0.25) is 0 Å². The highest BCUT2D eigenvalue weighted by atomic mass is 16.5. The third-order valence-corrected chi connectivity index (χ3v) is 3.94. The Morgan fingerprint density at radius 1 is 1.38 bits per heavy atom. The Morgan fingerprint density at radius 3 is 2.79 bits per heavy atom. The predicted octanol–water partition coefficient (Wildman–Crippen LogP) is 3.00. The quantitative estimate of drug-likeness (QED) is 0.794. The van der Waals surface area contributed by atoms with Crippen molar-refractivity contribution in [2.75, 3.05) is 13.1 Å². The second-order valence-corrected chi connectivity index (χ2v) is 5.47. The molecule has 1 aliphatic heterocycles. The summed E-state index contributed by atoms with van der Waals surface area (Å²) in [6.45, 7) is 6.64. The smallest absolute Gasteiger partial charge is 0.276 e. The summed E-state index contributed by atoms with van der Waals surface area (Å²) in [6.07, 6.45) is 3.13. The van der Waals surface area contributed by atoms with Gasteiger partial charge in [-0.05, 0) is 19.2 Å². The fraction of sp³-hybridized carbons (Fsp3) is 0.222. The summed E-state index contributed by atoms with van der Waals surface area (Å²) in [5.41, 5.74) is 1.96. The number of benzene rings is 1. The number of rotatable bonds is 5. The van der Waals surface area contributed by atoms with Crippen molar-refractivity contribution in [3.05, 3.63) is 59.6 Å². The van der Waals surface area contributed by atoms with Gasteiger partial charge in [0.2, 0.25) is 0 Å². The summed E-state index contributed by atoms with van der Waals surface area (Å²) in [5.74, 6) is 0.615. The molecule has 0 atom stereocenters. The molecule has 0 radical (unpaired) electrons. The Morgan fingerprint density at radius 2 is 2.12 bits per heavy atom. The van der Waals surface area contributed by atoms with E-state index in [0.717, 1.165) is 0 Å². The SMILES string of the molecule is C=N/C(=C\N=C/C)c1cc(C(=O)N2CC(c3ccccc3)C2)no1. The summed E-state index contributed by atoms with van der Waals surface area (Å²) in [5, 5.41) is 3.85. The molecule has 0 spiro atoms. The lowest BCUT2D eigenvalue weighted by Crippen LogP contribution is -2.48. The maximum Gasteiger partial charge on any atom is 0.276 e. The van der Waals surface area contributed by atoms with Crippen molar-refractivity contribution in [1.29, 1.82) is 0 Å². The molecule has 6 nitrogen and oxygen atoms in total. The van der Waals surface area contributed by atoms with Crippen LogP contribution in [0.5, 0.6) is 0 Å². The van der Waals surface area contributed by atoms with E-state index in [9.17, 15) is 4.79 Å². The molecule has 3 rings (SSSR count). The molecule has 1 aromatic carbocycles. The summed E-state index contributed by atoms with van der Waals surface area (Å²) in [7, 11) is 0. The second kappa shape index (κ2) is 7.04. The summed E-state index contributed by atoms with van der Waals surface area (Å²) >= 11 is 0. The molecular weight excluding hydrogens is 304 g/mol. The molecule has 2 aromatic rings. The molecule has 0 unspecified atom stereocenters. The van der Waals surface area contributed by atoms with Crippen LogP contribution >= 0.6 is 0 Å². The molecule has 24 heavy (non-hydrogen) atoms. The number of nitrogens with zero attached hydrogens (tertiary/aromatic N) is 4. The second-order valence-electron chi connectivity index (χ2n) is 5.47. The number of aliphatic imine (C=N–C) groups is 2. The van der Waals surface area contributed by atoms with Gasteiger partial charge < -0.3 is 9.42 Å². The van der Waals surface area contributed by atoms with Gasteiger partial charge in [0.1, 0.15) is 5.70 Å². The Hall–Kier alpha value is -3.02.